The molecule has 9 heteroatoms. The lowest BCUT2D eigenvalue weighted by Gasteiger charge is -2.14. The van der Waals surface area contributed by atoms with Gasteiger partial charge >= 0.3 is 0 Å². The number of thioether (sulfide) groups is 2. The van der Waals surface area contributed by atoms with Crippen molar-refractivity contribution >= 4 is 34.9 Å². The summed E-state index contributed by atoms with van der Waals surface area (Å²) < 4.78 is 36.7. The van der Waals surface area contributed by atoms with E-state index < -0.39 is 0 Å². The fourth-order valence-electron chi connectivity index (χ4n) is 4.17. The highest BCUT2D eigenvalue weighted by Gasteiger charge is 2.42. The zero-order valence-electron chi connectivity index (χ0n) is 22.6. The van der Waals surface area contributed by atoms with Crippen LogP contribution in [0, 0.1) is 0 Å². The van der Waals surface area contributed by atoms with Crippen molar-refractivity contribution in [1.29, 1.82) is 0 Å². The van der Waals surface area contributed by atoms with E-state index in [-0.39, 0.29) is 10.5 Å². The van der Waals surface area contributed by atoms with Crippen LogP contribution in [0.2, 0.25) is 0 Å². The molecule has 2 unspecified atom stereocenters. The van der Waals surface area contributed by atoms with Gasteiger partial charge in [0.1, 0.15) is 22.0 Å². The van der Waals surface area contributed by atoms with E-state index in [2.05, 4.69) is 0 Å². The van der Waals surface area contributed by atoms with Gasteiger partial charge < -0.3 is 28.4 Å². The number of ether oxygens (including phenoxy) is 6. The maximum Gasteiger partial charge on any atom is 0.177 e. The summed E-state index contributed by atoms with van der Waals surface area (Å²) in [6.45, 7) is 16.2. The van der Waals surface area contributed by atoms with Gasteiger partial charge in [0.2, 0.25) is 0 Å². The number of hydrogen-bond acceptors (Lipinski definition) is 9. The minimum absolute atomic E-state index is 0.0958. The fourth-order valence-corrected chi connectivity index (χ4v) is 8.32. The molecule has 0 fully saturated rings. The molecule has 2 atom stereocenters. The molecule has 0 saturated heterocycles. The van der Waals surface area contributed by atoms with Gasteiger partial charge in [-0.15, -0.1) is 34.9 Å². The first kappa shape index (κ1) is 29.2. The van der Waals surface area contributed by atoms with E-state index in [1.807, 2.05) is 65.1 Å². The Hall–Kier alpha value is -1.32. The SMILES string of the molecule is C1COC2=C(OC1)C(c1sc(C3SCC4=C3OCCCO4)c3c1OCCCO3)SC2.CC.CC.CC. The standard InChI is InChI=1S/C21H24O6S3.3C2H6/c1-4-22-12-10-28-18(14(12)24-6-1)20-16-17(27-9-3-8-26-16)21(30-20)19-15-13(11-29-19)23-5-2-7-25-15;3*1-2/h18-19H,1-11H2;3*1-2H3. The predicted octanol–water partition coefficient (Wildman–Crippen LogP) is 7.86. The van der Waals surface area contributed by atoms with Crippen molar-refractivity contribution in [1.82, 2.24) is 0 Å². The molecule has 0 spiro atoms. The van der Waals surface area contributed by atoms with Crippen molar-refractivity contribution in [2.75, 3.05) is 51.1 Å². The van der Waals surface area contributed by atoms with Crippen LogP contribution in [0.1, 0.15) is 81.1 Å². The molecule has 0 aliphatic carbocycles. The van der Waals surface area contributed by atoms with Gasteiger partial charge in [-0.05, 0) is 0 Å². The number of hydrogen-bond donors (Lipinski definition) is 0. The average Bonchev–Trinajstić information content (AvgIpc) is 3.39. The van der Waals surface area contributed by atoms with Crippen LogP contribution in [-0.4, -0.2) is 51.1 Å². The van der Waals surface area contributed by atoms with Gasteiger partial charge in [0, 0.05) is 19.3 Å². The Morgan fingerprint density at radius 3 is 1.28 bits per heavy atom. The van der Waals surface area contributed by atoms with E-state index in [1.165, 1.54) is 9.75 Å². The van der Waals surface area contributed by atoms with E-state index in [0.29, 0.717) is 26.4 Å². The van der Waals surface area contributed by atoms with E-state index >= 15 is 0 Å². The molecule has 6 heterocycles. The first-order chi connectivity index (χ1) is 17.9. The third-order valence-corrected chi connectivity index (χ3v) is 9.57. The molecule has 204 valence electrons. The van der Waals surface area contributed by atoms with Gasteiger partial charge in [-0.3, -0.25) is 0 Å². The van der Waals surface area contributed by atoms with Crippen LogP contribution in [0.25, 0.3) is 0 Å². The summed E-state index contributed by atoms with van der Waals surface area (Å²) in [4.78, 5) is 2.35. The third-order valence-electron chi connectivity index (χ3n) is 5.56. The lowest BCUT2D eigenvalue weighted by atomic mass is 10.2. The number of thiophene rings is 1. The minimum atomic E-state index is 0.0958. The second kappa shape index (κ2) is 15.2. The molecule has 0 aromatic carbocycles. The topological polar surface area (TPSA) is 55.4 Å². The Morgan fingerprint density at radius 2 is 0.861 bits per heavy atom. The van der Waals surface area contributed by atoms with Gasteiger partial charge in [-0.1, -0.05) is 41.5 Å². The monoisotopic (exact) mass is 558 g/mol. The molecule has 5 aliphatic heterocycles. The van der Waals surface area contributed by atoms with E-state index in [9.17, 15) is 0 Å². The van der Waals surface area contributed by atoms with Crippen molar-refractivity contribution in [2.24, 2.45) is 0 Å². The molecule has 0 N–H and O–H groups in total. The Balaban J connectivity index is 0.000000563. The highest BCUT2D eigenvalue weighted by atomic mass is 32.2. The summed E-state index contributed by atoms with van der Waals surface area (Å²) in [5, 5.41) is 0.192. The van der Waals surface area contributed by atoms with Crippen molar-refractivity contribution in [3.8, 4) is 11.5 Å². The molecule has 0 amide bonds. The smallest absolute Gasteiger partial charge is 0.177 e. The maximum atomic E-state index is 6.26. The summed E-state index contributed by atoms with van der Waals surface area (Å²) in [7, 11) is 0. The Kier molecular flexibility index (Phi) is 12.3. The number of fused-ring (bicyclic) bond motifs is 1. The van der Waals surface area contributed by atoms with E-state index in [1.54, 1.807) is 11.3 Å². The highest BCUT2D eigenvalue weighted by molar-refractivity contribution is 8.00. The van der Waals surface area contributed by atoms with Gasteiger partial charge in [0.05, 0.1) is 60.9 Å². The third kappa shape index (κ3) is 6.21. The van der Waals surface area contributed by atoms with Crippen LogP contribution in [0.3, 0.4) is 0 Å². The summed E-state index contributed by atoms with van der Waals surface area (Å²) in [6.07, 6.45) is 2.73. The highest BCUT2D eigenvalue weighted by Crippen LogP contribution is 2.60. The molecule has 0 bridgehead atoms. The second-order valence-corrected chi connectivity index (χ2v) is 10.9. The molecule has 6 nitrogen and oxygen atoms in total. The van der Waals surface area contributed by atoms with Crippen molar-refractivity contribution in [2.45, 2.75) is 71.3 Å². The predicted molar refractivity (Wildman–Crippen MR) is 151 cm³/mol. The van der Waals surface area contributed by atoms with Crippen LogP contribution in [0.4, 0.5) is 0 Å². The minimum Gasteiger partial charge on any atom is -0.493 e. The average molecular weight is 559 g/mol. The van der Waals surface area contributed by atoms with Crippen LogP contribution in [0.15, 0.2) is 23.0 Å². The summed E-state index contributed by atoms with van der Waals surface area (Å²) in [6, 6.07) is 0. The van der Waals surface area contributed by atoms with E-state index in [4.69, 9.17) is 28.4 Å². The molecule has 0 saturated carbocycles. The van der Waals surface area contributed by atoms with E-state index in [0.717, 1.165) is 78.5 Å². The first-order valence-electron chi connectivity index (χ1n) is 13.5. The lowest BCUT2D eigenvalue weighted by Crippen LogP contribution is -2.03. The van der Waals surface area contributed by atoms with Crippen molar-refractivity contribution in [3.63, 3.8) is 0 Å². The molecule has 1 aromatic heterocycles. The van der Waals surface area contributed by atoms with Crippen LogP contribution >= 0.6 is 34.9 Å². The fraction of sp³-hybridized carbons (Fsp3) is 0.704. The van der Waals surface area contributed by atoms with Gasteiger partial charge in [-0.2, -0.15) is 0 Å². The quantitative estimate of drug-likeness (QED) is 0.364. The van der Waals surface area contributed by atoms with Crippen LogP contribution < -0.4 is 9.47 Å². The molecule has 5 aliphatic rings. The zero-order valence-corrected chi connectivity index (χ0v) is 25.1. The molecule has 1 aromatic rings. The van der Waals surface area contributed by atoms with Crippen LogP contribution in [0.5, 0.6) is 11.5 Å². The van der Waals surface area contributed by atoms with Crippen LogP contribution in [-0.2, 0) is 18.9 Å². The van der Waals surface area contributed by atoms with Gasteiger partial charge in [0.15, 0.2) is 23.0 Å². The van der Waals surface area contributed by atoms with Gasteiger partial charge in [0.25, 0.3) is 0 Å². The first-order valence-corrected chi connectivity index (χ1v) is 16.4. The zero-order chi connectivity index (χ0) is 25.9. The summed E-state index contributed by atoms with van der Waals surface area (Å²) in [5.74, 6) is 7.36. The summed E-state index contributed by atoms with van der Waals surface area (Å²) >= 11 is 5.47. The molecular weight excluding hydrogens is 516 g/mol. The molecule has 36 heavy (non-hydrogen) atoms. The second-order valence-electron chi connectivity index (χ2n) is 7.60. The van der Waals surface area contributed by atoms with Crippen molar-refractivity contribution in [3.05, 3.63) is 32.8 Å². The number of rotatable bonds is 2. The Labute approximate surface area is 229 Å². The molecular formula is C27H42O6S3. The molecule has 6 rings (SSSR count). The molecule has 0 radical (unpaired) electrons. The van der Waals surface area contributed by atoms with Gasteiger partial charge in [-0.25, -0.2) is 0 Å². The summed E-state index contributed by atoms with van der Waals surface area (Å²) in [5.41, 5.74) is 0. The largest absolute Gasteiger partial charge is 0.493 e. The Bertz CT molecular complexity index is 826. The van der Waals surface area contributed by atoms with Crippen molar-refractivity contribution < 1.29 is 28.4 Å². The normalized spacial score (nSPS) is 24.1. The lowest BCUT2D eigenvalue weighted by molar-refractivity contribution is 0.203. The Morgan fingerprint density at radius 1 is 0.500 bits per heavy atom. The maximum absolute atomic E-state index is 6.26.